The Hall–Kier alpha value is -2.25. The fourth-order valence-corrected chi connectivity index (χ4v) is 3.00. The van der Waals surface area contributed by atoms with Crippen molar-refractivity contribution in [3.8, 4) is 12.3 Å². The fraction of sp³-hybridized carbons (Fsp3) is 0.562. The van der Waals surface area contributed by atoms with E-state index >= 15 is 0 Å². The summed E-state index contributed by atoms with van der Waals surface area (Å²) in [7, 11) is 3.22. The molecule has 3 rings (SSSR count). The number of rotatable bonds is 7. The highest BCUT2D eigenvalue weighted by atomic mass is 16.6. The Bertz CT molecular complexity index is 759. The summed E-state index contributed by atoms with van der Waals surface area (Å²) in [5.41, 5.74) is 6.94. The second-order valence-corrected chi connectivity index (χ2v) is 5.59. The van der Waals surface area contributed by atoms with Crippen LogP contribution in [0.4, 0.5) is 5.82 Å². The number of aromatic nitrogens is 4. The molecule has 2 unspecified atom stereocenters. The molecule has 2 aromatic rings. The lowest BCUT2D eigenvalue weighted by Gasteiger charge is -2.23. The number of anilines is 1. The van der Waals surface area contributed by atoms with E-state index in [1.807, 2.05) is 0 Å². The van der Waals surface area contributed by atoms with Crippen molar-refractivity contribution in [1.82, 2.24) is 19.5 Å². The normalized spacial score (nSPS) is 26.1. The van der Waals surface area contributed by atoms with Crippen molar-refractivity contribution in [3.63, 3.8) is 0 Å². The van der Waals surface area contributed by atoms with Crippen molar-refractivity contribution >= 4 is 17.0 Å². The minimum absolute atomic E-state index is 0.299. The van der Waals surface area contributed by atoms with Crippen LogP contribution in [0.25, 0.3) is 11.2 Å². The maximum Gasteiger partial charge on any atom is 0.167 e. The molecule has 0 spiro atoms. The third kappa shape index (κ3) is 3.29. The summed E-state index contributed by atoms with van der Waals surface area (Å²) in [6.45, 7) is 0.762. The highest BCUT2D eigenvalue weighted by molar-refractivity contribution is 5.81. The van der Waals surface area contributed by atoms with Crippen LogP contribution in [0.3, 0.4) is 0 Å². The lowest BCUT2D eigenvalue weighted by atomic mass is 10.1. The van der Waals surface area contributed by atoms with Crippen LogP contribution in [0.15, 0.2) is 12.7 Å². The molecule has 3 heterocycles. The molecule has 1 saturated heterocycles. The van der Waals surface area contributed by atoms with Crippen molar-refractivity contribution in [2.75, 3.05) is 33.2 Å². The fourth-order valence-electron chi connectivity index (χ4n) is 3.00. The highest BCUT2D eigenvalue weighted by Gasteiger charge is 2.47. The lowest BCUT2D eigenvalue weighted by Crippen LogP contribution is -2.37. The third-order valence-corrected chi connectivity index (χ3v) is 4.11. The number of hydrogen-bond donors (Lipinski definition) is 1. The van der Waals surface area contributed by atoms with Gasteiger partial charge in [-0.2, -0.15) is 0 Å². The molecule has 0 amide bonds. The van der Waals surface area contributed by atoms with Gasteiger partial charge in [-0.05, 0) is 0 Å². The molecule has 1 aliphatic rings. The van der Waals surface area contributed by atoms with Crippen molar-refractivity contribution in [2.45, 2.75) is 31.0 Å². The smallest absolute Gasteiger partial charge is 0.167 e. The molecule has 4 atom stereocenters. The average molecular weight is 347 g/mol. The first-order chi connectivity index (χ1) is 12.2. The summed E-state index contributed by atoms with van der Waals surface area (Å²) in [6, 6.07) is 0. The van der Waals surface area contributed by atoms with E-state index in [9.17, 15) is 0 Å². The minimum Gasteiger partial charge on any atom is -0.382 e. The first kappa shape index (κ1) is 17.6. The molecule has 0 radical (unpaired) electrons. The number of ether oxygens (including phenoxy) is 4. The van der Waals surface area contributed by atoms with E-state index < -0.39 is 12.3 Å². The largest absolute Gasteiger partial charge is 0.382 e. The number of methoxy groups -OCH3 is 2. The summed E-state index contributed by atoms with van der Waals surface area (Å²) >= 11 is 0. The Balaban J connectivity index is 1.95. The van der Waals surface area contributed by atoms with Gasteiger partial charge >= 0.3 is 0 Å². The van der Waals surface area contributed by atoms with Gasteiger partial charge in [0.15, 0.2) is 17.7 Å². The summed E-state index contributed by atoms with van der Waals surface area (Å²) in [5, 5.41) is 0. The van der Waals surface area contributed by atoms with Gasteiger partial charge in [0.05, 0.1) is 19.5 Å². The zero-order valence-electron chi connectivity index (χ0n) is 14.2. The summed E-state index contributed by atoms with van der Waals surface area (Å²) < 4.78 is 24.7. The molecule has 0 bridgehead atoms. The molecule has 2 N–H and O–H groups in total. The van der Waals surface area contributed by atoms with Gasteiger partial charge in [-0.3, -0.25) is 4.57 Å². The van der Waals surface area contributed by atoms with Crippen LogP contribution >= 0.6 is 0 Å². The second kappa shape index (κ2) is 7.76. The predicted octanol–water partition coefficient (Wildman–Crippen LogP) is 0.376. The zero-order valence-corrected chi connectivity index (χ0v) is 14.2. The van der Waals surface area contributed by atoms with Crippen LogP contribution in [0.1, 0.15) is 12.6 Å². The first-order valence-electron chi connectivity index (χ1n) is 7.86. The van der Waals surface area contributed by atoms with Gasteiger partial charge in [0.1, 0.15) is 30.2 Å². The summed E-state index contributed by atoms with van der Waals surface area (Å²) in [6.07, 6.45) is 7.30. The molecule has 0 aromatic carbocycles. The average Bonchev–Trinajstić information content (AvgIpc) is 3.18. The third-order valence-electron chi connectivity index (χ3n) is 4.11. The maximum absolute atomic E-state index is 6.14. The Labute approximate surface area is 145 Å². The van der Waals surface area contributed by atoms with Crippen LogP contribution in [0, 0.1) is 12.3 Å². The summed E-state index contributed by atoms with van der Waals surface area (Å²) in [4.78, 5) is 12.5. The molecular weight excluding hydrogens is 326 g/mol. The van der Waals surface area contributed by atoms with Crippen LogP contribution in [-0.2, 0) is 18.9 Å². The monoisotopic (exact) mass is 347 g/mol. The molecule has 1 fully saturated rings. The molecular formula is C16H21N5O4. The number of terminal acetylenes is 1. The molecule has 9 heteroatoms. The van der Waals surface area contributed by atoms with Crippen molar-refractivity contribution in [1.29, 1.82) is 0 Å². The quantitative estimate of drug-likeness (QED) is 0.566. The topological polar surface area (TPSA) is 107 Å². The molecule has 0 saturated carbocycles. The van der Waals surface area contributed by atoms with Crippen LogP contribution < -0.4 is 5.73 Å². The Morgan fingerprint density at radius 3 is 2.88 bits per heavy atom. The van der Waals surface area contributed by atoms with E-state index in [0.717, 1.165) is 0 Å². The van der Waals surface area contributed by atoms with Crippen LogP contribution in [0.5, 0.6) is 0 Å². The van der Waals surface area contributed by atoms with Crippen LogP contribution in [0.2, 0.25) is 0 Å². The SMILES string of the molecule is C#CCCOC1C(OC)[C@@H](COC)O[C@H]1n1cnc2c(N)ncnc21. The maximum atomic E-state index is 6.14. The van der Waals surface area contributed by atoms with Gasteiger partial charge in [0.2, 0.25) is 0 Å². The Kier molecular flexibility index (Phi) is 5.45. The molecule has 9 nitrogen and oxygen atoms in total. The number of hydrogen-bond acceptors (Lipinski definition) is 8. The molecule has 1 aliphatic heterocycles. The van der Waals surface area contributed by atoms with E-state index in [1.165, 1.54) is 6.33 Å². The predicted molar refractivity (Wildman–Crippen MR) is 89.5 cm³/mol. The number of nitrogens with zero attached hydrogens (tertiary/aromatic N) is 4. The van der Waals surface area contributed by atoms with Crippen molar-refractivity contribution < 1.29 is 18.9 Å². The van der Waals surface area contributed by atoms with Gasteiger partial charge < -0.3 is 24.7 Å². The van der Waals surface area contributed by atoms with Crippen molar-refractivity contribution in [3.05, 3.63) is 12.7 Å². The lowest BCUT2D eigenvalue weighted by molar-refractivity contribution is -0.0723. The van der Waals surface area contributed by atoms with E-state index in [0.29, 0.717) is 36.6 Å². The van der Waals surface area contributed by atoms with E-state index in [2.05, 4.69) is 20.9 Å². The van der Waals surface area contributed by atoms with E-state index in [4.69, 9.17) is 31.1 Å². The van der Waals surface area contributed by atoms with Gasteiger partial charge in [0.25, 0.3) is 0 Å². The standard InChI is InChI=1S/C16H21N5O4/c1-4-5-6-24-13-12(23-3)10(7-22-2)25-16(13)21-9-20-11-14(17)18-8-19-15(11)21/h1,8-10,12-13,16H,5-7H2,2-3H3,(H2,17,18,19)/t10-,12?,13?,16-/m1/s1. The van der Waals surface area contributed by atoms with Crippen molar-refractivity contribution in [2.24, 2.45) is 0 Å². The number of fused-ring (bicyclic) bond motifs is 1. The molecule has 2 aromatic heterocycles. The van der Waals surface area contributed by atoms with Crippen LogP contribution in [-0.4, -0.2) is 65.3 Å². The molecule has 134 valence electrons. The number of imidazole rings is 1. The molecule has 25 heavy (non-hydrogen) atoms. The van der Waals surface area contributed by atoms with Gasteiger partial charge in [0, 0.05) is 20.6 Å². The highest BCUT2D eigenvalue weighted by Crippen LogP contribution is 2.35. The van der Waals surface area contributed by atoms with Gasteiger partial charge in [-0.15, -0.1) is 12.3 Å². The van der Waals surface area contributed by atoms with E-state index in [-0.39, 0.29) is 12.2 Å². The number of nitrogens with two attached hydrogens (primary N) is 1. The molecule has 0 aliphatic carbocycles. The Morgan fingerprint density at radius 2 is 2.16 bits per heavy atom. The number of nitrogen functional groups attached to an aromatic ring is 1. The second-order valence-electron chi connectivity index (χ2n) is 5.59. The van der Waals surface area contributed by atoms with E-state index in [1.54, 1.807) is 25.1 Å². The Morgan fingerprint density at radius 1 is 1.32 bits per heavy atom. The van der Waals surface area contributed by atoms with Gasteiger partial charge in [-0.25, -0.2) is 15.0 Å². The summed E-state index contributed by atoms with van der Waals surface area (Å²) in [5.74, 6) is 2.87. The minimum atomic E-state index is -0.498. The zero-order chi connectivity index (χ0) is 17.8. The first-order valence-corrected chi connectivity index (χ1v) is 7.86. The van der Waals surface area contributed by atoms with Gasteiger partial charge in [-0.1, -0.05) is 0 Å².